The third-order valence-electron chi connectivity index (χ3n) is 11.5. The Bertz CT molecular complexity index is 1210. The molecule has 0 saturated heterocycles. The van der Waals surface area contributed by atoms with Crippen LogP contribution in [0.25, 0.3) is 0 Å². The highest BCUT2D eigenvalue weighted by atomic mass is 16.6. The van der Waals surface area contributed by atoms with Gasteiger partial charge in [-0.05, 0) is 70.6 Å². The summed E-state index contributed by atoms with van der Waals surface area (Å²) >= 11 is 0. The van der Waals surface area contributed by atoms with Crippen LogP contribution < -0.4 is 0 Å². The van der Waals surface area contributed by atoms with E-state index in [-0.39, 0.29) is 31.1 Å². The Labute approximate surface area is 395 Å². The van der Waals surface area contributed by atoms with E-state index in [9.17, 15) is 14.4 Å². The zero-order chi connectivity index (χ0) is 46.5. The molecule has 0 fully saturated rings. The van der Waals surface area contributed by atoms with Crippen LogP contribution in [-0.4, -0.2) is 37.2 Å². The molecule has 0 bridgehead atoms. The first kappa shape index (κ1) is 60.9. The summed E-state index contributed by atoms with van der Waals surface area (Å²) in [6, 6.07) is 0. The number of unbranched alkanes of at least 4 members (excludes halogenated alkanes) is 28. The van der Waals surface area contributed by atoms with E-state index in [1.54, 1.807) is 0 Å². The zero-order valence-corrected chi connectivity index (χ0v) is 42.0. The molecule has 0 heterocycles. The highest BCUT2D eigenvalue weighted by molar-refractivity contribution is 5.71. The first-order valence-electron chi connectivity index (χ1n) is 27.0. The Morgan fingerprint density at radius 1 is 0.344 bits per heavy atom. The number of allylic oxidation sites excluding steroid dienone is 12. The number of carbonyl (C=O) groups excluding carboxylic acids is 3. The van der Waals surface area contributed by atoms with Crippen molar-refractivity contribution in [1.29, 1.82) is 0 Å². The third kappa shape index (κ3) is 49.9. The van der Waals surface area contributed by atoms with E-state index in [0.717, 1.165) is 96.3 Å². The van der Waals surface area contributed by atoms with Gasteiger partial charge in [0.1, 0.15) is 13.2 Å². The number of hydrogen-bond donors (Lipinski definition) is 0. The van der Waals surface area contributed by atoms with E-state index < -0.39 is 6.10 Å². The maximum atomic E-state index is 12.8. The Hall–Kier alpha value is -3.15. The van der Waals surface area contributed by atoms with Crippen LogP contribution in [0.4, 0.5) is 0 Å². The molecule has 0 aromatic rings. The van der Waals surface area contributed by atoms with Gasteiger partial charge in [0.25, 0.3) is 0 Å². The van der Waals surface area contributed by atoms with Crippen molar-refractivity contribution in [2.75, 3.05) is 13.2 Å². The summed E-state index contributed by atoms with van der Waals surface area (Å²) in [4.78, 5) is 37.9. The van der Waals surface area contributed by atoms with Gasteiger partial charge in [-0.1, -0.05) is 241 Å². The molecular weight excluding hydrogens is 793 g/mol. The number of esters is 3. The summed E-state index contributed by atoms with van der Waals surface area (Å²) in [5.74, 6) is -0.951. The lowest BCUT2D eigenvalue weighted by Gasteiger charge is -2.18. The van der Waals surface area contributed by atoms with E-state index in [4.69, 9.17) is 14.2 Å². The highest BCUT2D eigenvalue weighted by Gasteiger charge is 2.19. The molecule has 0 spiro atoms. The van der Waals surface area contributed by atoms with Crippen molar-refractivity contribution >= 4 is 17.9 Å². The summed E-state index contributed by atoms with van der Waals surface area (Å²) in [6.07, 6.45) is 66.2. The molecule has 0 aromatic carbocycles. The average molecular weight is 893 g/mol. The second-order valence-corrected chi connectivity index (χ2v) is 17.9. The molecule has 0 aliphatic heterocycles. The molecule has 368 valence electrons. The van der Waals surface area contributed by atoms with Gasteiger partial charge in [-0.2, -0.15) is 0 Å². The molecule has 0 aromatic heterocycles. The molecule has 0 radical (unpaired) electrons. The average Bonchev–Trinajstić information content (AvgIpc) is 3.29. The molecule has 0 saturated carbocycles. The smallest absolute Gasteiger partial charge is 0.306 e. The number of hydrogen-bond acceptors (Lipinski definition) is 6. The fraction of sp³-hybridized carbons (Fsp3) is 0.741. The van der Waals surface area contributed by atoms with Crippen LogP contribution in [0.2, 0.25) is 0 Å². The summed E-state index contributed by atoms with van der Waals surface area (Å²) in [5, 5.41) is 0. The molecular formula is C58H100O6. The van der Waals surface area contributed by atoms with Gasteiger partial charge in [-0.15, -0.1) is 0 Å². The van der Waals surface area contributed by atoms with E-state index >= 15 is 0 Å². The van der Waals surface area contributed by atoms with Crippen molar-refractivity contribution in [2.45, 2.75) is 264 Å². The molecule has 0 rings (SSSR count). The zero-order valence-electron chi connectivity index (χ0n) is 42.0. The second-order valence-electron chi connectivity index (χ2n) is 17.9. The van der Waals surface area contributed by atoms with Gasteiger partial charge < -0.3 is 14.2 Å². The standard InChI is InChI=1S/C58H100O6/c1-4-7-10-13-16-19-21-23-25-27-29-31-32-34-36-39-42-45-48-51-57(60)63-54-55(53-62-56(59)50-47-44-41-38-18-15-12-9-6-3)64-58(61)52-49-46-43-40-37-35-33-30-28-26-24-22-20-17-14-11-8-5-2/h9,12,17-18,20,22,24,26,28,30,33,38,55H,4-8,10-11,13-16,19,21,23,25,27,29,31-32,34-37,39-54H2,1-3H3/b12-9-,20-17-,24-22-,28-26-,33-30-,38-18-. The van der Waals surface area contributed by atoms with Crippen LogP contribution in [0.15, 0.2) is 72.9 Å². The van der Waals surface area contributed by atoms with Gasteiger partial charge >= 0.3 is 17.9 Å². The topological polar surface area (TPSA) is 78.9 Å². The van der Waals surface area contributed by atoms with Crippen LogP contribution in [0.3, 0.4) is 0 Å². The Morgan fingerprint density at radius 3 is 1.14 bits per heavy atom. The van der Waals surface area contributed by atoms with Gasteiger partial charge in [-0.25, -0.2) is 0 Å². The van der Waals surface area contributed by atoms with E-state index in [1.165, 1.54) is 122 Å². The largest absolute Gasteiger partial charge is 0.462 e. The summed E-state index contributed by atoms with van der Waals surface area (Å²) in [6.45, 7) is 6.44. The van der Waals surface area contributed by atoms with Crippen LogP contribution >= 0.6 is 0 Å². The fourth-order valence-electron chi connectivity index (χ4n) is 7.49. The lowest BCUT2D eigenvalue weighted by Crippen LogP contribution is -2.30. The molecule has 64 heavy (non-hydrogen) atoms. The van der Waals surface area contributed by atoms with Gasteiger partial charge in [0.05, 0.1) is 0 Å². The Morgan fingerprint density at radius 2 is 0.672 bits per heavy atom. The molecule has 0 amide bonds. The third-order valence-corrected chi connectivity index (χ3v) is 11.5. The van der Waals surface area contributed by atoms with Crippen LogP contribution in [0, 0.1) is 0 Å². The van der Waals surface area contributed by atoms with Crippen LogP contribution in [-0.2, 0) is 28.6 Å². The quantitative estimate of drug-likeness (QED) is 0.0199. The minimum atomic E-state index is -0.798. The Kier molecular flexibility index (Phi) is 49.9. The van der Waals surface area contributed by atoms with Crippen LogP contribution in [0.5, 0.6) is 0 Å². The SMILES string of the molecule is CC/C=C\C/C=C\CCCCC(=O)OCC(COC(=O)CCCCCCCCCCCCCCCCCCCCC)OC(=O)CCCCCCC\C=C/C=C\C=C/C=C\CCCCC. The summed E-state index contributed by atoms with van der Waals surface area (Å²) in [7, 11) is 0. The molecule has 0 aliphatic rings. The van der Waals surface area contributed by atoms with Gasteiger partial charge in [0.15, 0.2) is 6.10 Å². The first-order valence-corrected chi connectivity index (χ1v) is 27.0. The molecule has 0 aliphatic carbocycles. The molecule has 1 atom stereocenters. The maximum absolute atomic E-state index is 12.8. The highest BCUT2D eigenvalue weighted by Crippen LogP contribution is 2.16. The number of ether oxygens (including phenoxy) is 3. The minimum Gasteiger partial charge on any atom is -0.462 e. The van der Waals surface area contributed by atoms with Gasteiger partial charge in [0, 0.05) is 19.3 Å². The van der Waals surface area contributed by atoms with E-state index in [0.29, 0.717) is 19.3 Å². The summed E-state index contributed by atoms with van der Waals surface area (Å²) < 4.78 is 16.7. The van der Waals surface area contributed by atoms with Crippen molar-refractivity contribution in [3.63, 3.8) is 0 Å². The normalized spacial score (nSPS) is 12.6. The Balaban J connectivity index is 4.34. The minimum absolute atomic E-state index is 0.0938. The van der Waals surface area contributed by atoms with Crippen molar-refractivity contribution < 1.29 is 28.6 Å². The predicted molar refractivity (Wildman–Crippen MR) is 274 cm³/mol. The van der Waals surface area contributed by atoms with Crippen molar-refractivity contribution in [2.24, 2.45) is 0 Å². The number of carbonyl (C=O) groups is 3. The lowest BCUT2D eigenvalue weighted by molar-refractivity contribution is -0.167. The fourth-order valence-corrected chi connectivity index (χ4v) is 7.49. The lowest BCUT2D eigenvalue weighted by atomic mass is 10.0. The summed E-state index contributed by atoms with van der Waals surface area (Å²) in [5.41, 5.74) is 0. The van der Waals surface area contributed by atoms with Gasteiger partial charge in [-0.3, -0.25) is 14.4 Å². The van der Waals surface area contributed by atoms with Gasteiger partial charge in [0.2, 0.25) is 0 Å². The van der Waals surface area contributed by atoms with Crippen molar-refractivity contribution in [3.8, 4) is 0 Å². The van der Waals surface area contributed by atoms with Crippen molar-refractivity contribution in [3.05, 3.63) is 72.9 Å². The second kappa shape index (κ2) is 52.5. The number of rotatable bonds is 48. The molecule has 6 nitrogen and oxygen atoms in total. The molecule has 6 heteroatoms. The predicted octanol–water partition coefficient (Wildman–Crippen LogP) is 17.8. The van der Waals surface area contributed by atoms with E-state index in [2.05, 4.69) is 93.7 Å². The molecule has 1 unspecified atom stereocenters. The monoisotopic (exact) mass is 893 g/mol. The van der Waals surface area contributed by atoms with Crippen LogP contribution in [0.1, 0.15) is 258 Å². The molecule has 0 N–H and O–H groups in total. The van der Waals surface area contributed by atoms with E-state index in [1.807, 2.05) is 0 Å². The van der Waals surface area contributed by atoms with Crippen molar-refractivity contribution in [1.82, 2.24) is 0 Å². The first-order chi connectivity index (χ1) is 31.5. The maximum Gasteiger partial charge on any atom is 0.306 e.